The maximum atomic E-state index is 5.42. The largest absolute Gasteiger partial charge is 0.454 e. The minimum Gasteiger partial charge on any atom is -0.454 e. The monoisotopic (exact) mass is 488 g/mol. The summed E-state index contributed by atoms with van der Waals surface area (Å²) in [4.78, 5) is 6.84. The standard InChI is InChI=1S/C20H32N4O2.HI/c1-21-20(22-11-6-12-24(2)17-7-4-3-5-8-17)23-14-16-9-10-18-19(13-16)26-15-25-18;/h9-10,13,17H,3-8,11-12,14-15H2,1-2H3,(H2,21,22,23);1H. The Morgan fingerprint density at radius 1 is 1.15 bits per heavy atom. The van der Waals surface area contributed by atoms with Crippen LogP contribution in [0.2, 0.25) is 0 Å². The second-order valence-electron chi connectivity index (χ2n) is 7.17. The minimum absolute atomic E-state index is 0. The average molecular weight is 488 g/mol. The molecule has 0 bridgehead atoms. The van der Waals surface area contributed by atoms with Crippen molar-refractivity contribution in [1.82, 2.24) is 15.5 Å². The predicted molar refractivity (Wildman–Crippen MR) is 120 cm³/mol. The lowest BCUT2D eigenvalue weighted by molar-refractivity contribution is 0.174. The zero-order valence-electron chi connectivity index (χ0n) is 16.5. The van der Waals surface area contributed by atoms with Crippen LogP contribution in [0, 0.1) is 0 Å². The van der Waals surface area contributed by atoms with E-state index in [-0.39, 0.29) is 24.0 Å². The summed E-state index contributed by atoms with van der Waals surface area (Å²) in [5.41, 5.74) is 1.15. The Bertz CT molecular complexity index is 606. The first-order chi connectivity index (χ1) is 12.8. The van der Waals surface area contributed by atoms with Crippen molar-refractivity contribution in [3.63, 3.8) is 0 Å². The van der Waals surface area contributed by atoms with Crippen LogP contribution in [-0.4, -0.2) is 50.9 Å². The van der Waals surface area contributed by atoms with Gasteiger partial charge in [0.25, 0.3) is 0 Å². The summed E-state index contributed by atoms with van der Waals surface area (Å²) in [7, 11) is 4.08. The fourth-order valence-electron chi connectivity index (χ4n) is 3.70. The van der Waals surface area contributed by atoms with Crippen LogP contribution in [0.5, 0.6) is 11.5 Å². The number of benzene rings is 1. The van der Waals surface area contributed by atoms with Gasteiger partial charge in [0.05, 0.1) is 0 Å². The fourth-order valence-corrected chi connectivity index (χ4v) is 3.70. The van der Waals surface area contributed by atoms with Gasteiger partial charge in [-0.25, -0.2) is 0 Å². The third-order valence-electron chi connectivity index (χ3n) is 5.30. The first-order valence-corrected chi connectivity index (χ1v) is 9.79. The van der Waals surface area contributed by atoms with Gasteiger partial charge < -0.3 is 25.0 Å². The van der Waals surface area contributed by atoms with E-state index in [0.29, 0.717) is 13.3 Å². The van der Waals surface area contributed by atoms with Gasteiger partial charge in [-0.3, -0.25) is 4.99 Å². The van der Waals surface area contributed by atoms with Crippen molar-refractivity contribution in [1.29, 1.82) is 0 Å². The van der Waals surface area contributed by atoms with Gasteiger partial charge in [-0.15, -0.1) is 24.0 Å². The summed E-state index contributed by atoms with van der Waals surface area (Å²) in [6.45, 7) is 3.08. The van der Waals surface area contributed by atoms with E-state index in [1.165, 1.54) is 32.1 Å². The first-order valence-electron chi connectivity index (χ1n) is 9.79. The number of nitrogens with one attached hydrogen (secondary N) is 2. The van der Waals surface area contributed by atoms with Crippen LogP contribution in [0.1, 0.15) is 44.1 Å². The molecule has 27 heavy (non-hydrogen) atoms. The van der Waals surface area contributed by atoms with Crippen LogP contribution in [0.4, 0.5) is 0 Å². The number of fused-ring (bicyclic) bond motifs is 1. The van der Waals surface area contributed by atoms with Crippen LogP contribution < -0.4 is 20.1 Å². The first kappa shape index (κ1) is 22.1. The molecular formula is C20H33IN4O2. The number of hydrogen-bond donors (Lipinski definition) is 2. The average Bonchev–Trinajstić information content (AvgIpc) is 3.15. The van der Waals surface area contributed by atoms with Gasteiger partial charge in [-0.2, -0.15) is 0 Å². The molecule has 1 aliphatic heterocycles. The molecule has 2 N–H and O–H groups in total. The quantitative estimate of drug-likeness (QED) is 0.267. The van der Waals surface area contributed by atoms with Crippen LogP contribution in [0.3, 0.4) is 0 Å². The van der Waals surface area contributed by atoms with Crippen LogP contribution in [0.15, 0.2) is 23.2 Å². The SMILES string of the molecule is CN=C(NCCCN(C)C1CCCCC1)NCc1ccc2c(c1)OCO2.I. The maximum absolute atomic E-state index is 5.42. The topological polar surface area (TPSA) is 58.1 Å². The van der Waals surface area contributed by atoms with E-state index in [1.807, 2.05) is 25.2 Å². The molecule has 3 rings (SSSR count). The molecule has 0 aromatic heterocycles. The molecular weight excluding hydrogens is 455 g/mol. The van der Waals surface area contributed by atoms with E-state index >= 15 is 0 Å². The highest BCUT2D eigenvalue weighted by molar-refractivity contribution is 14.0. The molecule has 2 aliphatic rings. The summed E-state index contributed by atoms with van der Waals surface area (Å²) < 4.78 is 10.8. The van der Waals surface area contributed by atoms with E-state index in [4.69, 9.17) is 9.47 Å². The number of ether oxygens (including phenoxy) is 2. The minimum atomic E-state index is 0. The van der Waals surface area contributed by atoms with E-state index in [0.717, 1.165) is 48.6 Å². The molecule has 1 saturated carbocycles. The summed E-state index contributed by atoms with van der Waals surface area (Å²) in [6, 6.07) is 6.80. The molecule has 0 atom stereocenters. The summed E-state index contributed by atoms with van der Waals surface area (Å²) in [5, 5.41) is 6.76. The molecule has 1 heterocycles. The highest BCUT2D eigenvalue weighted by atomic mass is 127. The number of nitrogens with zero attached hydrogens (tertiary/aromatic N) is 2. The van der Waals surface area contributed by atoms with Gasteiger partial charge in [0.1, 0.15) is 0 Å². The maximum Gasteiger partial charge on any atom is 0.231 e. The number of aliphatic imine (C=N–C) groups is 1. The summed E-state index contributed by atoms with van der Waals surface area (Å²) in [6.07, 6.45) is 8.05. The number of halogens is 1. The second kappa shape index (κ2) is 11.6. The fraction of sp³-hybridized carbons (Fsp3) is 0.650. The van der Waals surface area contributed by atoms with Crippen molar-refractivity contribution in [2.24, 2.45) is 4.99 Å². The molecule has 152 valence electrons. The van der Waals surface area contributed by atoms with Gasteiger partial charge >= 0.3 is 0 Å². The molecule has 7 heteroatoms. The van der Waals surface area contributed by atoms with Crippen LogP contribution in [-0.2, 0) is 6.54 Å². The Kier molecular flexibility index (Phi) is 9.47. The molecule has 1 aromatic carbocycles. The molecule has 0 radical (unpaired) electrons. The highest BCUT2D eigenvalue weighted by Gasteiger charge is 2.17. The molecule has 1 aromatic rings. The lowest BCUT2D eigenvalue weighted by Gasteiger charge is -2.31. The molecule has 0 amide bonds. The van der Waals surface area contributed by atoms with Crippen molar-refractivity contribution in [2.45, 2.75) is 51.1 Å². The zero-order valence-corrected chi connectivity index (χ0v) is 18.8. The van der Waals surface area contributed by atoms with Crippen LogP contribution >= 0.6 is 24.0 Å². The summed E-state index contributed by atoms with van der Waals surface area (Å²) in [5.74, 6) is 2.47. The van der Waals surface area contributed by atoms with E-state index in [2.05, 4.69) is 27.6 Å². The molecule has 1 fully saturated rings. The van der Waals surface area contributed by atoms with Crippen molar-refractivity contribution < 1.29 is 9.47 Å². The highest BCUT2D eigenvalue weighted by Crippen LogP contribution is 2.32. The number of hydrogen-bond acceptors (Lipinski definition) is 4. The molecule has 1 aliphatic carbocycles. The normalized spacial score (nSPS) is 16.9. The summed E-state index contributed by atoms with van der Waals surface area (Å²) >= 11 is 0. The zero-order chi connectivity index (χ0) is 18.2. The lowest BCUT2D eigenvalue weighted by atomic mass is 9.94. The lowest BCUT2D eigenvalue weighted by Crippen LogP contribution is -2.39. The Labute approximate surface area is 180 Å². The van der Waals surface area contributed by atoms with Gasteiger partial charge in [-0.05, 0) is 50.6 Å². The van der Waals surface area contributed by atoms with Gasteiger partial charge in [0, 0.05) is 26.2 Å². The second-order valence-corrected chi connectivity index (χ2v) is 7.17. The Morgan fingerprint density at radius 2 is 1.93 bits per heavy atom. The molecule has 0 saturated heterocycles. The Balaban J connectivity index is 0.00000261. The number of guanidine groups is 1. The van der Waals surface area contributed by atoms with Crippen molar-refractivity contribution in [3.05, 3.63) is 23.8 Å². The van der Waals surface area contributed by atoms with Crippen molar-refractivity contribution in [2.75, 3.05) is 34.0 Å². The van der Waals surface area contributed by atoms with E-state index in [1.54, 1.807) is 0 Å². The smallest absolute Gasteiger partial charge is 0.231 e. The van der Waals surface area contributed by atoms with Gasteiger partial charge in [0.2, 0.25) is 6.79 Å². The molecule has 0 spiro atoms. The Morgan fingerprint density at radius 3 is 2.70 bits per heavy atom. The third-order valence-corrected chi connectivity index (χ3v) is 5.30. The molecule has 6 nitrogen and oxygen atoms in total. The van der Waals surface area contributed by atoms with Crippen LogP contribution in [0.25, 0.3) is 0 Å². The third kappa shape index (κ3) is 6.71. The van der Waals surface area contributed by atoms with Gasteiger partial charge in [-0.1, -0.05) is 25.3 Å². The Hall–Kier alpha value is -1.22. The van der Waals surface area contributed by atoms with Crippen molar-refractivity contribution in [3.8, 4) is 11.5 Å². The van der Waals surface area contributed by atoms with Gasteiger partial charge in [0.15, 0.2) is 17.5 Å². The van der Waals surface area contributed by atoms with Crippen molar-refractivity contribution >= 4 is 29.9 Å². The molecule has 0 unspecified atom stereocenters. The number of rotatable bonds is 7. The predicted octanol–water partition coefficient (Wildman–Crippen LogP) is 3.35. The van der Waals surface area contributed by atoms with E-state index in [9.17, 15) is 0 Å². The van der Waals surface area contributed by atoms with E-state index < -0.39 is 0 Å².